The predicted molar refractivity (Wildman–Crippen MR) is 86.0 cm³/mol. The molecule has 5 nitrogen and oxygen atoms in total. The van der Waals surface area contributed by atoms with Crippen LogP contribution in [0, 0.1) is 11.8 Å². The van der Waals surface area contributed by atoms with E-state index in [9.17, 15) is 5.11 Å². The zero-order valence-electron chi connectivity index (χ0n) is 14.3. The van der Waals surface area contributed by atoms with Gasteiger partial charge in [-0.1, -0.05) is 5.16 Å². The van der Waals surface area contributed by atoms with E-state index in [0.29, 0.717) is 5.76 Å². The standard InChI is InChI=1S/C18H28N2O3/c1-17(2,21)16-7-15(19-23-16)8-18(11-22-12-18)20(9-13-3-4-13)10-14-5-6-14/h7,13-14,21H,3-6,8-12H2,1-2H3. The summed E-state index contributed by atoms with van der Waals surface area (Å²) >= 11 is 0. The van der Waals surface area contributed by atoms with Crippen LogP contribution in [0.25, 0.3) is 0 Å². The van der Waals surface area contributed by atoms with Gasteiger partial charge in [-0.15, -0.1) is 0 Å². The topological polar surface area (TPSA) is 58.7 Å². The summed E-state index contributed by atoms with van der Waals surface area (Å²) in [5.41, 5.74) is 0.0387. The number of aliphatic hydroxyl groups is 1. The molecule has 1 aromatic heterocycles. The van der Waals surface area contributed by atoms with E-state index >= 15 is 0 Å². The summed E-state index contributed by atoms with van der Waals surface area (Å²) in [5.74, 6) is 2.31. The summed E-state index contributed by atoms with van der Waals surface area (Å²) in [6, 6.07) is 1.91. The molecule has 128 valence electrons. The SMILES string of the molecule is CC(C)(O)c1cc(CC2(N(CC3CC3)CC3CC3)COC2)no1. The van der Waals surface area contributed by atoms with Crippen LogP contribution >= 0.6 is 0 Å². The summed E-state index contributed by atoms with van der Waals surface area (Å²) < 4.78 is 11.0. The number of ether oxygens (including phenoxy) is 1. The van der Waals surface area contributed by atoms with Gasteiger partial charge in [0.15, 0.2) is 5.76 Å². The molecule has 1 N–H and O–H groups in total. The fourth-order valence-electron chi connectivity index (χ4n) is 3.44. The number of rotatable bonds is 8. The van der Waals surface area contributed by atoms with Crippen LogP contribution in [-0.2, 0) is 16.8 Å². The van der Waals surface area contributed by atoms with Crippen LogP contribution in [0.1, 0.15) is 51.0 Å². The molecule has 0 atom stereocenters. The minimum Gasteiger partial charge on any atom is -0.382 e. The lowest BCUT2D eigenvalue weighted by molar-refractivity contribution is -0.143. The molecule has 0 aromatic carbocycles. The lowest BCUT2D eigenvalue weighted by atomic mass is 9.88. The maximum Gasteiger partial charge on any atom is 0.167 e. The third-order valence-corrected chi connectivity index (χ3v) is 5.44. The highest BCUT2D eigenvalue weighted by molar-refractivity contribution is 5.16. The van der Waals surface area contributed by atoms with Crippen molar-refractivity contribution in [2.24, 2.45) is 11.8 Å². The Labute approximate surface area is 138 Å². The summed E-state index contributed by atoms with van der Waals surface area (Å²) in [4.78, 5) is 2.68. The van der Waals surface area contributed by atoms with Gasteiger partial charge < -0.3 is 14.4 Å². The van der Waals surface area contributed by atoms with Crippen molar-refractivity contribution >= 4 is 0 Å². The summed E-state index contributed by atoms with van der Waals surface area (Å²) in [7, 11) is 0. The monoisotopic (exact) mass is 320 g/mol. The second kappa shape index (κ2) is 5.57. The molecule has 0 amide bonds. The summed E-state index contributed by atoms with van der Waals surface area (Å²) in [6.45, 7) is 7.44. The average Bonchev–Trinajstić information content (AvgIpc) is 3.35. The van der Waals surface area contributed by atoms with Crippen molar-refractivity contribution in [3.8, 4) is 0 Å². The van der Waals surface area contributed by atoms with Gasteiger partial charge >= 0.3 is 0 Å². The quantitative estimate of drug-likeness (QED) is 0.797. The van der Waals surface area contributed by atoms with Crippen molar-refractivity contribution in [2.75, 3.05) is 26.3 Å². The van der Waals surface area contributed by atoms with Gasteiger partial charge in [-0.3, -0.25) is 4.90 Å². The Morgan fingerprint density at radius 2 is 1.83 bits per heavy atom. The third kappa shape index (κ3) is 3.47. The first-order valence-electron chi connectivity index (χ1n) is 8.96. The van der Waals surface area contributed by atoms with Gasteiger partial charge in [0, 0.05) is 25.6 Å². The second-order valence-corrected chi connectivity index (χ2v) is 8.43. The minimum atomic E-state index is -0.976. The maximum atomic E-state index is 10.1. The molecule has 2 aliphatic carbocycles. The smallest absolute Gasteiger partial charge is 0.167 e. The fourth-order valence-corrected chi connectivity index (χ4v) is 3.44. The molecular formula is C18H28N2O3. The van der Waals surface area contributed by atoms with Crippen molar-refractivity contribution in [3.63, 3.8) is 0 Å². The van der Waals surface area contributed by atoms with Crippen LogP contribution in [0.5, 0.6) is 0 Å². The van der Waals surface area contributed by atoms with Gasteiger partial charge in [-0.05, 0) is 51.4 Å². The fraction of sp³-hybridized carbons (Fsp3) is 0.833. The maximum absolute atomic E-state index is 10.1. The van der Waals surface area contributed by atoms with E-state index in [0.717, 1.165) is 37.2 Å². The van der Waals surface area contributed by atoms with Crippen molar-refractivity contribution in [3.05, 3.63) is 17.5 Å². The molecule has 1 saturated heterocycles. The van der Waals surface area contributed by atoms with Gasteiger partial charge in [0.05, 0.1) is 24.4 Å². The third-order valence-electron chi connectivity index (χ3n) is 5.44. The highest BCUT2D eigenvalue weighted by atomic mass is 16.5. The zero-order valence-corrected chi connectivity index (χ0v) is 14.3. The van der Waals surface area contributed by atoms with Crippen LogP contribution in [0.15, 0.2) is 10.6 Å². The highest BCUT2D eigenvalue weighted by Crippen LogP contribution is 2.39. The second-order valence-electron chi connectivity index (χ2n) is 8.43. The van der Waals surface area contributed by atoms with E-state index in [-0.39, 0.29) is 5.54 Å². The summed E-state index contributed by atoms with van der Waals surface area (Å²) in [5, 5.41) is 14.3. The van der Waals surface area contributed by atoms with E-state index in [4.69, 9.17) is 9.26 Å². The zero-order chi connectivity index (χ0) is 16.1. The molecule has 3 aliphatic rings. The Bertz CT molecular complexity index is 537. The molecule has 0 radical (unpaired) electrons. The molecule has 0 bridgehead atoms. The van der Waals surface area contributed by atoms with Crippen LogP contribution in [0.2, 0.25) is 0 Å². The van der Waals surface area contributed by atoms with Crippen molar-refractivity contribution < 1.29 is 14.4 Å². The number of aromatic nitrogens is 1. The van der Waals surface area contributed by atoms with Crippen molar-refractivity contribution in [2.45, 2.75) is 57.1 Å². The van der Waals surface area contributed by atoms with Gasteiger partial charge in [-0.2, -0.15) is 0 Å². The normalized spacial score (nSPS) is 24.0. The van der Waals surface area contributed by atoms with Crippen LogP contribution in [0.3, 0.4) is 0 Å². The van der Waals surface area contributed by atoms with Gasteiger partial charge in [0.2, 0.25) is 0 Å². The molecule has 0 unspecified atom stereocenters. The molecule has 2 heterocycles. The lowest BCUT2D eigenvalue weighted by Crippen LogP contribution is -2.64. The highest BCUT2D eigenvalue weighted by Gasteiger charge is 2.47. The lowest BCUT2D eigenvalue weighted by Gasteiger charge is -2.50. The number of nitrogens with zero attached hydrogens (tertiary/aromatic N) is 2. The van der Waals surface area contributed by atoms with Crippen LogP contribution < -0.4 is 0 Å². The molecule has 1 aromatic rings. The Hall–Kier alpha value is -0.910. The Morgan fingerprint density at radius 1 is 1.22 bits per heavy atom. The molecule has 4 rings (SSSR count). The van der Waals surface area contributed by atoms with Crippen molar-refractivity contribution in [1.29, 1.82) is 0 Å². The molecule has 5 heteroatoms. The Kier molecular flexibility index (Phi) is 3.78. The van der Waals surface area contributed by atoms with E-state index < -0.39 is 5.60 Å². The predicted octanol–water partition coefficient (Wildman–Crippen LogP) is 2.34. The molecule has 23 heavy (non-hydrogen) atoms. The first-order valence-corrected chi connectivity index (χ1v) is 8.96. The number of hydrogen-bond acceptors (Lipinski definition) is 5. The first-order chi connectivity index (χ1) is 10.9. The minimum absolute atomic E-state index is 0.0823. The first kappa shape index (κ1) is 15.6. The van der Waals surface area contributed by atoms with E-state index in [1.807, 2.05) is 6.07 Å². The molecule has 3 fully saturated rings. The summed E-state index contributed by atoms with van der Waals surface area (Å²) in [6.07, 6.45) is 6.37. The molecule has 2 saturated carbocycles. The Morgan fingerprint density at radius 3 is 2.22 bits per heavy atom. The van der Waals surface area contributed by atoms with Crippen LogP contribution in [-0.4, -0.2) is 47.0 Å². The number of hydrogen-bond donors (Lipinski definition) is 1. The van der Waals surface area contributed by atoms with E-state index in [1.165, 1.54) is 38.8 Å². The molecule has 1 aliphatic heterocycles. The van der Waals surface area contributed by atoms with E-state index in [1.54, 1.807) is 13.8 Å². The average molecular weight is 320 g/mol. The molecule has 0 spiro atoms. The van der Waals surface area contributed by atoms with Gasteiger partial charge in [0.1, 0.15) is 5.60 Å². The van der Waals surface area contributed by atoms with Gasteiger partial charge in [0.25, 0.3) is 0 Å². The van der Waals surface area contributed by atoms with Gasteiger partial charge in [-0.25, -0.2) is 0 Å². The molecular weight excluding hydrogens is 292 g/mol. The largest absolute Gasteiger partial charge is 0.382 e. The van der Waals surface area contributed by atoms with Crippen molar-refractivity contribution in [1.82, 2.24) is 10.1 Å². The Balaban J connectivity index is 1.49. The van der Waals surface area contributed by atoms with E-state index in [2.05, 4.69) is 10.1 Å². The van der Waals surface area contributed by atoms with Crippen LogP contribution in [0.4, 0.5) is 0 Å².